The van der Waals surface area contributed by atoms with Crippen LogP contribution < -0.4 is 10.7 Å². The van der Waals surface area contributed by atoms with Crippen LogP contribution in [0.4, 0.5) is 5.69 Å². The van der Waals surface area contributed by atoms with Crippen molar-refractivity contribution < 1.29 is 5.11 Å². The van der Waals surface area contributed by atoms with Gasteiger partial charge in [0.05, 0.1) is 12.0 Å². The lowest BCUT2D eigenvalue weighted by Gasteiger charge is -2.21. The molecule has 1 aromatic heterocycles. The van der Waals surface area contributed by atoms with E-state index in [2.05, 4.69) is 30.1 Å². The molecule has 3 rings (SSSR count). The molecule has 0 saturated carbocycles. The van der Waals surface area contributed by atoms with Crippen molar-refractivity contribution in [3.05, 3.63) is 52.2 Å². The van der Waals surface area contributed by atoms with Gasteiger partial charge in [-0.15, -0.1) is 11.3 Å². The number of hydrogen-bond donors (Lipinski definition) is 2. The highest BCUT2D eigenvalue weighted by Crippen LogP contribution is 2.31. The predicted molar refractivity (Wildman–Crippen MR) is 117 cm³/mol. The van der Waals surface area contributed by atoms with E-state index in [4.69, 9.17) is 0 Å². The number of anilines is 1. The topological polar surface area (TPSA) is 52.6 Å². The Morgan fingerprint density at radius 3 is 2.70 bits per heavy atom. The third-order valence-electron chi connectivity index (χ3n) is 4.91. The fourth-order valence-corrected chi connectivity index (χ4v) is 4.56. The molecule has 27 heavy (non-hydrogen) atoms. The van der Waals surface area contributed by atoms with Crippen LogP contribution in [0.3, 0.4) is 0 Å². The number of hydrogen-bond acceptors (Lipinski definition) is 5. The van der Waals surface area contributed by atoms with Gasteiger partial charge in [-0.3, -0.25) is 9.69 Å². The van der Waals surface area contributed by atoms with E-state index in [9.17, 15) is 9.90 Å². The third-order valence-corrected chi connectivity index (χ3v) is 6.22. The average Bonchev–Trinajstić information content (AvgIpc) is 2.68. The molecule has 3 aromatic rings. The van der Waals surface area contributed by atoms with Gasteiger partial charge in [0.1, 0.15) is 0 Å². The highest BCUT2D eigenvalue weighted by atomic mass is 32.1. The summed E-state index contributed by atoms with van der Waals surface area (Å²) < 4.78 is 2.09. The van der Waals surface area contributed by atoms with Gasteiger partial charge < -0.3 is 10.4 Å². The van der Waals surface area contributed by atoms with Crippen molar-refractivity contribution in [1.29, 1.82) is 0 Å². The molecule has 0 amide bonds. The molecule has 0 radical (unpaired) electrons. The highest BCUT2D eigenvalue weighted by molar-refractivity contribution is 7.24. The van der Waals surface area contributed by atoms with Crippen molar-refractivity contribution >= 4 is 37.2 Å². The monoisotopic (exact) mass is 384 g/mol. The second kappa shape index (κ2) is 9.31. The number of unbranched alkanes of at least 4 members (excludes halogenated alkanes) is 1. The second-order valence-corrected chi connectivity index (χ2v) is 7.96. The van der Waals surface area contributed by atoms with E-state index in [1.807, 2.05) is 30.3 Å². The molecule has 0 aliphatic rings. The summed E-state index contributed by atoms with van der Waals surface area (Å²) in [6.07, 6.45) is 2.28. The van der Waals surface area contributed by atoms with Crippen molar-refractivity contribution in [3.8, 4) is 0 Å². The zero-order valence-corrected chi connectivity index (χ0v) is 16.9. The second-order valence-electron chi connectivity index (χ2n) is 6.91. The summed E-state index contributed by atoms with van der Waals surface area (Å²) in [5, 5.41) is 14.3. The first kappa shape index (κ1) is 19.8. The minimum Gasteiger partial charge on any atom is -0.395 e. The molecule has 0 unspecified atom stereocenters. The number of nitrogens with one attached hydrogen (secondary N) is 1. The third kappa shape index (κ3) is 4.49. The lowest BCUT2D eigenvalue weighted by atomic mass is 10.1. The Morgan fingerprint density at radius 1 is 1.11 bits per heavy atom. The maximum absolute atomic E-state index is 13.1. The van der Waals surface area contributed by atoms with E-state index < -0.39 is 0 Å². The van der Waals surface area contributed by atoms with E-state index in [1.165, 1.54) is 0 Å². The van der Waals surface area contributed by atoms with Crippen LogP contribution in [0.1, 0.15) is 25.3 Å². The van der Waals surface area contributed by atoms with Gasteiger partial charge in [0.2, 0.25) is 0 Å². The Bertz CT molecular complexity index is 968. The van der Waals surface area contributed by atoms with Crippen LogP contribution in [0.2, 0.25) is 0 Å². The molecule has 0 saturated heterocycles. The Morgan fingerprint density at radius 2 is 1.93 bits per heavy atom. The first-order chi connectivity index (χ1) is 13.2. The van der Waals surface area contributed by atoms with Crippen molar-refractivity contribution in [2.75, 3.05) is 38.1 Å². The van der Waals surface area contributed by atoms with Crippen LogP contribution in [0.25, 0.3) is 20.2 Å². The van der Waals surface area contributed by atoms with E-state index >= 15 is 0 Å². The molecule has 2 aromatic carbocycles. The molecule has 0 fully saturated rings. The lowest BCUT2D eigenvalue weighted by Crippen LogP contribution is -2.32. The molecule has 4 nitrogen and oxygen atoms in total. The normalized spacial score (nSPS) is 11.6. The van der Waals surface area contributed by atoms with Crippen molar-refractivity contribution in [2.24, 2.45) is 0 Å². The highest BCUT2D eigenvalue weighted by Gasteiger charge is 2.12. The van der Waals surface area contributed by atoms with Gasteiger partial charge in [-0.2, -0.15) is 0 Å². The smallest absolute Gasteiger partial charge is 0.197 e. The van der Waals surface area contributed by atoms with Gasteiger partial charge in [0.15, 0.2) is 5.43 Å². The predicted octanol–water partition coefficient (Wildman–Crippen LogP) is 4.23. The Labute approximate surface area is 164 Å². The molecule has 144 valence electrons. The quantitative estimate of drug-likeness (QED) is 0.542. The summed E-state index contributed by atoms with van der Waals surface area (Å²) in [6, 6.07) is 11.9. The summed E-state index contributed by atoms with van der Waals surface area (Å²) in [7, 11) is 0. The number of aryl methyl sites for hydroxylation is 1. The Kier molecular flexibility index (Phi) is 6.83. The first-order valence-electron chi connectivity index (χ1n) is 9.68. The van der Waals surface area contributed by atoms with Crippen LogP contribution in [0, 0.1) is 6.92 Å². The van der Waals surface area contributed by atoms with Crippen LogP contribution in [-0.4, -0.2) is 42.8 Å². The summed E-state index contributed by atoms with van der Waals surface area (Å²) in [5.74, 6) is 0. The first-order valence-corrected chi connectivity index (χ1v) is 10.5. The SMILES string of the molecule is CCCCN(CCO)CCNc1ccc(C)c2sc3ccccc3c(=O)c12. The number of aliphatic hydroxyl groups is 1. The lowest BCUT2D eigenvalue weighted by molar-refractivity contribution is 0.198. The minimum atomic E-state index is 0.101. The number of fused-ring (bicyclic) bond motifs is 2. The van der Waals surface area contributed by atoms with Crippen molar-refractivity contribution in [1.82, 2.24) is 4.90 Å². The van der Waals surface area contributed by atoms with Crippen LogP contribution in [0.15, 0.2) is 41.2 Å². The Hall–Kier alpha value is -1.95. The molecule has 0 aliphatic carbocycles. The van der Waals surface area contributed by atoms with Gasteiger partial charge in [-0.05, 0) is 43.7 Å². The maximum Gasteiger partial charge on any atom is 0.197 e. The number of nitrogens with zero attached hydrogens (tertiary/aromatic N) is 1. The van der Waals surface area contributed by atoms with Crippen LogP contribution >= 0.6 is 11.3 Å². The molecule has 0 bridgehead atoms. The number of aliphatic hydroxyl groups excluding tert-OH is 1. The van der Waals surface area contributed by atoms with E-state index in [0.29, 0.717) is 6.54 Å². The largest absolute Gasteiger partial charge is 0.395 e. The number of rotatable bonds is 9. The summed E-state index contributed by atoms with van der Waals surface area (Å²) >= 11 is 1.68. The van der Waals surface area contributed by atoms with Gasteiger partial charge >= 0.3 is 0 Å². The molecule has 0 atom stereocenters. The molecule has 0 spiro atoms. The average molecular weight is 385 g/mol. The maximum atomic E-state index is 13.1. The van der Waals surface area contributed by atoms with Crippen LogP contribution in [0.5, 0.6) is 0 Å². The van der Waals surface area contributed by atoms with Crippen LogP contribution in [-0.2, 0) is 0 Å². The summed E-state index contributed by atoms with van der Waals surface area (Å²) in [6.45, 7) is 7.69. The van der Waals surface area contributed by atoms with E-state index in [0.717, 1.165) is 63.9 Å². The zero-order valence-electron chi connectivity index (χ0n) is 16.1. The van der Waals surface area contributed by atoms with E-state index in [1.54, 1.807) is 11.3 Å². The molecular weight excluding hydrogens is 356 g/mol. The van der Waals surface area contributed by atoms with Crippen molar-refractivity contribution in [2.45, 2.75) is 26.7 Å². The fraction of sp³-hybridized carbons (Fsp3) is 0.409. The standard InChI is InChI=1S/C22H28N2O2S/c1-3-4-12-24(14-15-25)13-11-23-18-10-9-16(2)22-20(18)21(26)17-7-5-6-8-19(17)27-22/h5-10,23,25H,3-4,11-15H2,1-2H3. The fourth-order valence-electron chi connectivity index (χ4n) is 3.39. The number of benzene rings is 2. The summed E-state index contributed by atoms with van der Waals surface area (Å²) in [4.78, 5) is 15.4. The summed E-state index contributed by atoms with van der Waals surface area (Å²) in [5.41, 5.74) is 2.14. The molecule has 5 heteroatoms. The van der Waals surface area contributed by atoms with Gasteiger partial charge in [0, 0.05) is 40.1 Å². The molecular formula is C22H28N2O2S. The van der Waals surface area contributed by atoms with Crippen molar-refractivity contribution in [3.63, 3.8) is 0 Å². The minimum absolute atomic E-state index is 0.101. The van der Waals surface area contributed by atoms with Gasteiger partial charge in [-0.25, -0.2) is 0 Å². The van der Waals surface area contributed by atoms with E-state index in [-0.39, 0.29) is 12.0 Å². The molecule has 2 N–H and O–H groups in total. The zero-order chi connectivity index (χ0) is 19.2. The molecule has 1 heterocycles. The van der Waals surface area contributed by atoms with Gasteiger partial charge in [0.25, 0.3) is 0 Å². The Balaban J connectivity index is 1.87. The molecule has 0 aliphatic heterocycles. The van der Waals surface area contributed by atoms with Gasteiger partial charge in [-0.1, -0.05) is 31.5 Å².